The fourth-order valence-electron chi connectivity index (χ4n) is 4.20. The molecule has 3 rings (SSSR count). The van der Waals surface area contributed by atoms with Crippen molar-refractivity contribution >= 4 is 41.5 Å². The van der Waals surface area contributed by atoms with Crippen LogP contribution in [0.1, 0.15) is 39.7 Å². The standard InChI is InChI=1S/C22H35N5O.HI/c1-5-23-22(25-19-10-12-26(15-19)21(28)16(2)3)24-11-13-27-17(4)14-18-8-6-7-9-20(18)27;/h6-9,16-17,19H,5,10-15H2,1-4H3,(H2,23,24,25);1H. The molecule has 1 fully saturated rings. The van der Waals surface area contributed by atoms with Gasteiger partial charge in [0.25, 0.3) is 0 Å². The van der Waals surface area contributed by atoms with Gasteiger partial charge < -0.3 is 20.4 Å². The van der Waals surface area contributed by atoms with Gasteiger partial charge in [0.15, 0.2) is 5.96 Å². The second-order valence-corrected chi connectivity index (χ2v) is 8.20. The number of nitrogens with one attached hydrogen (secondary N) is 2. The first-order valence-corrected chi connectivity index (χ1v) is 10.7. The van der Waals surface area contributed by atoms with Gasteiger partial charge >= 0.3 is 0 Å². The molecule has 7 heteroatoms. The Morgan fingerprint density at radius 2 is 2.07 bits per heavy atom. The summed E-state index contributed by atoms with van der Waals surface area (Å²) in [5.74, 6) is 1.16. The van der Waals surface area contributed by atoms with Crippen molar-refractivity contribution in [3.8, 4) is 0 Å². The molecule has 1 amide bonds. The molecule has 2 heterocycles. The maximum absolute atomic E-state index is 12.2. The fourth-order valence-corrected chi connectivity index (χ4v) is 4.20. The van der Waals surface area contributed by atoms with E-state index in [-0.39, 0.29) is 41.8 Å². The smallest absolute Gasteiger partial charge is 0.225 e. The molecule has 2 aliphatic rings. The number of rotatable bonds is 6. The van der Waals surface area contributed by atoms with E-state index in [4.69, 9.17) is 4.99 Å². The molecule has 0 aromatic heterocycles. The average Bonchev–Trinajstić information content (AvgIpc) is 3.25. The number of guanidine groups is 1. The van der Waals surface area contributed by atoms with Gasteiger partial charge in [0.1, 0.15) is 0 Å². The molecule has 0 spiro atoms. The number of aliphatic imine (C=N–C) groups is 1. The molecule has 0 aliphatic carbocycles. The summed E-state index contributed by atoms with van der Waals surface area (Å²) in [5.41, 5.74) is 2.78. The molecule has 1 saturated heterocycles. The quantitative estimate of drug-likeness (QED) is 0.349. The second kappa shape index (κ2) is 11.0. The van der Waals surface area contributed by atoms with E-state index in [1.54, 1.807) is 0 Å². The average molecular weight is 513 g/mol. The number of hydrogen-bond donors (Lipinski definition) is 2. The minimum Gasteiger partial charge on any atom is -0.366 e. The zero-order valence-corrected chi connectivity index (χ0v) is 20.5. The number of hydrogen-bond acceptors (Lipinski definition) is 3. The van der Waals surface area contributed by atoms with Gasteiger partial charge in [0.2, 0.25) is 5.91 Å². The summed E-state index contributed by atoms with van der Waals surface area (Å²) in [6.45, 7) is 12.4. The van der Waals surface area contributed by atoms with Crippen LogP contribution in [0.5, 0.6) is 0 Å². The lowest BCUT2D eigenvalue weighted by Crippen LogP contribution is -2.45. The van der Waals surface area contributed by atoms with Gasteiger partial charge in [-0.05, 0) is 38.3 Å². The number of amides is 1. The topological polar surface area (TPSA) is 60.0 Å². The van der Waals surface area contributed by atoms with Crippen LogP contribution in [0.15, 0.2) is 29.3 Å². The van der Waals surface area contributed by atoms with Gasteiger partial charge in [0, 0.05) is 49.9 Å². The molecule has 2 atom stereocenters. The lowest BCUT2D eigenvalue weighted by Gasteiger charge is -2.24. The lowest BCUT2D eigenvalue weighted by molar-refractivity contribution is -0.133. The highest BCUT2D eigenvalue weighted by Gasteiger charge is 2.28. The SMILES string of the molecule is CCNC(=NCCN1c2ccccc2CC1C)NC1CCN(C(=O)C(C)C)C1.I. The van der Waals surface area contributed by atoms with Gasteiger partial charge in [-0.25, -0.2) is 0 Å². The maximum atomic E-state index is 12.2. The number of anilines is 1. The van der Waals surface area contributed by atoms with Crippen LogP contribution in [-0.4, -0.2) is 61.6 Å². The van der Waals surface area contributed by atoms with Crippen molar-refractivity contribution in [3.63, 3.8) is 0 Å². The number of fused-ring (bicyclic) bond motifs is 1. The first-order chi connectivity index (χ1) is 13.5. The monoisotopic (exact) mass is 513 g/mol. The third-order valence-corrected chi connectivity index (χ3v) is 5.64. The highest BCUT2D eigenvalue weighted by molar-refractivity contribution is 14.0. The molecule has 1 aromatic carbocycles. The highest BCUT2D eigenvalue weighted by Crippen LogP contribution is 2.31. The van der Waals surface area contributed by atoms with E-state index in [0.29, 0.717) is 6.04 Å². The number of nitrogens with zero attached hydrogens (tertiary/aromatic N) is 3. The van der Waals surface area contributed by atoms with Crippen LogP contribution in [0.3, 0.4) is 0 Å². The summed E-state index contributed by atoms with van der Waals surface area (Å²) in [6.07, 6.45) is 2.08. The Balaban J connectivity index is 0.00000300. The molecule has 1 aromatic rings. The lowest BCUT2D eigenvalue weighted by atomic mass is 10.1. The molecule has 2 aliphatic heterocycles. The van der Waals surface area contributed by atoms with E-state index in [1.165, 1.54) is 11.3 Å². The van der Waals surface area contributed by atoms with Crippen LogP contribution in [0.2, 0.25) is 0 Å². The predicted octanol–water partition coefficient (Wildman–Crippen LogP) is 2.87. The molecule has 0 bridgehead atoms. The van der Waals surface area contributed by atoms with Crippen LogP contribution in [0.4, 0.5) is 5.69 Å². The first-order valence-electron chi connectivity index (χ1n) is 10.7. The van der Waals surface area contributed by atoms with Gasteiger partial charge in [-0.1, -0.05) is 32.0 Å². The molecule has 2 N–H and O–H groups in total. The third kappa shape index (κ3) is 5.99. The van der Waals surface area contributed by atoms with Crippen molar-refractivity contribution in [1.82, 2.24) is 15.5 Å². The van der Waals surface area contributed by atoms with E-state index in [9.17, 15) is 4.79 Å². The molecular weight excluding hydrogens is 477 g/mol. The summed E-state index contributed by atoms with van der Waals surface area (Å²) < 4.78 is 0. The number of carbonyl (C=O) groups is 1. The van der Waals surface area contributed by atoms with Crippen LogP contribution in [0.25, 0.3) is 0 Å². The zero-order valence-electron chi connectivity index (χ0n) is 18.1. The molecule has 2 unspecified atom stereocenters. The molecule has 162 valence electrons. The van der Waals surface area contributed by atoms with Gasteiger partial charge in [-0.2, -0.15) is 0 Å². The van der Waals surface area contributed by atoms with E-state index in [2.05, 4.69) is 53.6 Å². The minimum absolute atomic E-state index is 0. The van der Waals surface area contributed by atoms with Crippen LogP contribution >= 0.6 is 24.0 Å². The van der Waals surface area contributed by atoms with Crippen molar-refractivity contribution in [3.05, 3.63) is 29.8 Å². The molecule has 0 saturated carbocycles. The Morgan fingerprint density at radius 3 is 2.79 bits per heavy atom. The van der Waals surface area contributed by atoms with Crippen molar-refractivity contribution in [2.24, 2.45) is 10.9 Å². The Hall–Kier alpha value is -1.51. The molecule has 29 heavy (non-hydrogen) atoms. The molecular formula is C22H36IN5O. The maximum Gasteiger partial charge on any atom is 0.225 e. The minimum atomic E-state index is 0. The van der Waals surface area contributed by atoms with Gasteiger partial charge in [-0.3, -0.25) is 9.79 Å². The van der Waals surface area contributed by atoms with E-state index in [1.807, 2.05) is 18.7 Å². The van der Waals surface area contributed by atoms with E-state index in [0.717, 1.165) is 51.5 Å². The Kier molecular flexibility index (Phi) is 9.04. The number of carbonyl (C=O) groups excluding carboxylic acids is 1. The molecule has 0 radical (unpaired) electrons. The Bertz CT molecular complexity index is 708. The summed E-state index contributed by atoms with van der Waals surface area (Å²) in [5, 5.41) is 6.87. The van der Waals surface area contributed by atoms with Crippen LogP contribution < -0.4 is 15.5 Å². The first kappa shape index (κ1) is 23.8. The van der Waals surface area contributed by atoms with Crippen molar-refractivity contribution in [2.45, 2.75) is 52.6 Å². The number of likely N-dealkylation sites (tertiary alicyclic amines) is 1. The summed E-state index contributed by atoms with van der Waals surface area (Å²) in [7, 11) is 0. The summed E-state index contributed by atoms with van der Waals surface area (Å²) in [6, 6.07) is 9.47. The van der Waals surface area contributed by atoms with Gasteiger partial charge in [0.05, 0.1) is 6.54 Å². The molecule has 6 nitrogen and oxygen atoms in total. The van der Waals surface area contributed by atoms with Crippen LogP contribution in [0, 0.1) is 5.92 Å². The predicted molar refractivity (Wildman–Crippen MR) is 131 cm³/mol. The third-order valence-electron chi connectivity index (χ3n) is 5.64. The number of benzene rings is 1. The van der Waals surface area contributed by atoms with Crippen LogP contribution in [-0.2, 0) is 11.2 Å². The normalized spacial score (nSPS) is 21.2. The largest absolute Gasteiger partial charge is 0.366 e. The Labute approximate surface area is 192 Å². The number of halogens is 1. The summed E-state index contributed by atoms with van der Waals surface area (Å²) in [4.78, 5) is 21.4. The van der Waals surface area contributed by atoms with Crippen molar-refractivity contribution < 1.29 is 4.79 Å². The highest BCUT2D eigenvalue weighted by atomic mass is 127. The van der Waals surface area contributed by atoms with E-state index >= 15 is 0 Å². The van der Waals surface area contributed by atoms with Gasteiger partial charge in [-0.15, -0.1) is 24.0 Å². The number of para-hydroxylation sites is 1. The zero-order chi connectivity index (χ0) is 20.1. The fraction of sp³-hybridized carbons (Fsp3) is 0.636. The summed E-state index contributed by atoms with van der Waals surface area (Å²) >= 11 is 0. The Morgan fingerprint density at radius 1 is 1.31 bits per heavy atom. The van der Waals surface area contributed by atoms with Crippen molar-refractivity contribution in [2.75, 3.05) is 37.6 Å². The van der Waals surface area contributed by atoms with Crippen molar-refractivity contribution in [1.29, 1.82) is 0 Å². The van der Waals surface area contributed by atoms with E-state index < -0.39 is 0 Å². The second-order valence-electron chi connectivity index (χ2n) is 8.20.